The monoisotopic (exact) mass is 267 g/mol. The molecule has 0 radical (unpaired) electrons. The van der Waals surface area contributed by atoms with Crippen LogP contribution in [0, 0.1) is 0 Å². The lowest BCUT2D eigenvalue weighted by atomic mass is 10.0. The lowest BCUT2D eigenvalue weighted by molar-refractivity contribution is -0.130. The van der Waals surface area contributed by atoms with Gasteiger partial charge in [0.2, 0.25) is 0 Å². The number of aromatic amines is 2. The first-order valence-corrected chi connectivity index (χ1v) is 6.17. The van der Waals surface area contributed by atoms with Gasteiger partial charge in [0.1, 0.15) is 5.82 Å². The molecule has 3 N–H and O–H groups in total. The van der Waals surface area contributed by atoms with Gasteiger partial charge in [-0.05, 0) is 11.6 Å². The third-order valence-electron chi connectivity index (χ3n) is 3.27. The quantitative estimate of drug-likeness (QED) is 0.635. The SMILES string of the molecule is C=C(C(=O)O)c1[nH]c2ccccc2c1Cc1ncc[nH]1. The van der Waals surface area contributed by atoms with Crippen LogP contribution >= 0.6 is 0 Å². The van der Waals surface area contributed by atoms with Crippen molar-refractivity contribution in [2.24, 2.45) is 0 Å². The van der Waals surface area contributed by atoms with Crippen molar-refractivity contribution in [3.8, 4) is 0 Å². The molecule has 0 aliphatic carbocycles. The Morgan fingerprint density at radius 1 is 1.35 bits per heavy atom. The number of hydrogen-bond acceptors (Lipinski definition) is 2. The molecule has 0 amide bonds. The van der Waals surface area contributed by atoms with E-state index in [2.05, 4.69) is 21.5 Å². The smallest absolute Gasteiger partial charge is 0.337 e. The molecular weight excluding hydrogens is 254 g/mol. The zero-order valence-corrected chi connectivity index (χ0v) is 10.7. The molecule has 0 atom stereocenters. The maximum absolute atomic E-state index is 11.2. The number of rotatable bonds is 4. The summed E-state index contributed by atoms with van der Waals surface area (Å²) in [6.45, 7) is 3.65. The van der Waals surface area contributed by atoms with Gasteiger partial charge in [-0.1, -0.05) is 24.8 Å². The summed E-state index contributed by atoms with van der Waals surface area (Å²) in [5.41, 5.74) is 2.40. The first-order valence-electron chi connectivity index (χ1n) is 6.17. The van der Waals surface area contributed by atoms with Crippen molar-refractivity contribution >= 4 is 22.4 Å². The van der Waals surface area contributed by atoms with Crippen LogP contribution in [0.1, 0.15) is 17.1 Å². The summed E-state index contributed by atoms with van der Waals surface area (Å²) in [5.74, 6) is -0.244. The molecule has 0 aliphatic rings. The minimum absolute atomic E-state index is 0.0581. The summed E-state index contributed by atoms with van der Waals surface area (Å²) >= 11 is 0. The van der Waals surface area contributed by atoms with Crippen LogP contribution in [0.3, 0.4) is 0 Å². The highest BCUT2D eigenvalue weighted by molar-refractivity contribution is 6.15. The number of hydrogen-bond donors (Lipinski definition) is 3. The van der Waals surface area contributed by atoms with Gasteiger partial charge < -0.3 is 15.1 Å². The van der Waals surface area contributed by atoms with Gasteiger partial charge in [0.05, 0.1) is 11.3 Å². The number of carbonyl (C=O) groups is 1. The summed E-state index contributed by atoms with van der Waals surface area (Å²) in [4.78, 5) is 21.6. The summed E-state index contributed by atoms with van der Waals surface area (Å²) in [6.07, 6.45) is 3.95. The van der Waals surface area contributed by atoms with Crippen LogP contribution in [-0.2, 0) is 11.2 Å². The van der Waals surface area contributed by atoms with E-state index < -0.39 is 5.97 Å². The molecule has 1 aromatic carbocycles. The topological polar surface area (TPSA) is 81.8 Å². The molecule has 5 heteroatoms. The van der Waals surface area contributed by atoms with E-state index in [0.29, 0.717) is 12.1 Å². The average Bonchev–Trinajstić information content (AvgIpc) is 3.07. The lowest BCUT2D eigenvalue weighted by Gasteiger charge is -2.03. The Balaban J connectivity index is 2.17. The summed E-state index contributed by atoms with van der Waals surface area (Å²) in [7, 11) is 0. The Morgan fingerprint density at radius 3 is 2.85 bits per heavy atom. The average molecular weight is 267 g/mol. The van der Waals surface area contributed by atoms with E-state index in [1.807, 2.05) is 24.3 Å². The van der Waals surface area contributed by atoms with Crippen LogP contribution in [0.15, 0.2) is 43.2 Å². The number of para-hydroxylation sites is 1. The van der Waals surface area contributed by atoms with Crippen LogP contribution in [0.5, 0.6) is 0 Å². The Kier molecular flexibility index (Phi) is 2.87. The highest BCUT2D eigenvalue weighted by Crippen LogP contribution is 2.28. The molecular formula is C15H13N3O2. The standard InChI is InChI=1S/C15H13N3O2/c1-9(15(19)20)14-11(8-13-16-6-7-17-13)10-4-2-3-5-12(10)18-14/h2-7,18H,1,8H2,(H,16,17)(H,19,20). The third kappa shape index (κ3) is 1.99. The number of aliphatic carboxylic acids is 1. The molecule has 3 aromatic rings. The predicted molar refractivity (Wildman–Crippen MR) is 76.4 cm³/mol. The van der Waals surface area contributed by atoms with Gasteiger partial charge in [-0.25, -0.2) is 9.78 Å². The number of nitrogens with one attached hydrogen (secondary N) is 2. The molecule has 100 valence electrons. The minimum atomic E-state index is -1.03. The predicted octanol–water partition coefficient (Wildman–Crippen LogP) is 2.58. The second kappa shape index (κ2) is 4.70. The first-order chi connectivity index (χ1) is 9.66. The van der Waals surface area contributed by atoms with Crippen molar-refractivity contribution in [1.29, 1.82) is 0 Å². The Hall–Kier alpha value is -2.82. The molecule has 0 saturated carbocycles. The maximum atomic E-state index is 11.2. The first kappa shape index (κ1) is 12.2. The molecule has 0 bridgehead atoms. The fraction of sp³-hybridized carbons (Fsp3) is 0.0667. The molecule has 2 aromatic heterocycles. The lowest BCUT2D eigenvalue weighted by Crippen LogP contribution is -2.02. The van der Waals surface area contributed by atoms with Gasteiger partial charge in [-0.15, -0.1) is 0 Å². The van der Waals surface area contributed by atoms with Crippen LogP contribution < -0.4 is 0 Å². The van der Waals surface area contributed by atoms with E-state index in [0.717, 1.165) is 22.3 Å². The molecule has 0 aliphatic heterocycles. The van der Waals surface area contributed by atoms with Crippen LogP contribution in [0.25, 0.3) is 16.5 Å². The van der Waals surface area contributed by atoms with Crippen molar-refractivity contribution in [1.82, 2.24) is 15.0 Å². The number of aromatic nitrogens is 3. The van der Waals surface area contributed by atoms with E-state index >= 15 is 0 Å². The molecule has 3 rings (SSSR count). The second-order valence-corrected chi connectivity index (χ2v) is 4.52. The van der Waals surface area contributed by atoms with Gasteiger partial charge in [0, 0.05) is 29.7 Å². The van der Waals surface area contributed by atoms with E-state index in [1.165, 1.54) is 0 Å². The molecule has 0 saturated heterocycles. The second-order valence-electron chi connectivity index (χ2n) is 4.52. The van der Waals surface area contributed by atoms with Crippen LogP contribution in [0.4, 0.5) is 0 Å². The highest BCUT2D eigenvalue weighted by atomic mass is 16.4. The molecule has 2 heterocycles. The normalized spacial score (nSPS) is 10.8. The largest absolute Gasteiger partial charge is 0.478 e. The van der Waals surface area contributed by atoms with Crippen LogP contribution in [0.2, 0.25) is 0 Å². The third-order valence-corrected chi connectivity index (χ3v) is 3.27. The van der Waals surface area contributed by atoms with Gasteiger partial charge in [-0.2, -0.15) is 0 Å². The van der Waals surface area contributed by atoms with Gasteiger partial charge in [0.25, 0.3) is 0 Å². The van der Waals surface area contributed by atoms with Crippen molar-refractivity contribution < 1.29 is 9.90 Å². The molecule has 20 heavy (non-hydrogen) atoms. The minimum Gasteiger partial charge on any atom is -0.478 e. The van der Waals surface area contributed by atoms with Gasteiger partial charge >= 0.3 is 5.97 Å². The molecule has 0 fully saturated rings. The molecule has 0 unspecified atom stereocenters. The number of fused-ring (bicyclic) bond motifs is 1. The van der Waals surface area contributed by atoms with E-state index in [1.54, 1.807) is 12.4 Å². The Morgan fingerprint density at radius 2 is 2.15 bits per heavy atom. The Labute approximate surface area is 115 Å². The number of imidazole rings is 1. The summed E-state index contributed by atoms with van der Waals surface area (Å²) < 4.78 is 0. The van der Waals surface area contributed by atoms with Crippen molar-refractivity contribution in [3.63, 3.8) is 0 Å². The summed E-state index contributed by atoms with van der Waals surface area (Å²) in [5, 5.41) is 10.2. The number of benzene rings is 1. The van der Waals surface area contributed by atoms with Crippen LogP contribution in [-0.4, -0.2) is 26.0 Å². The zero-order chi connectivity index (χ0) is 14.1. The van der Waals surface area contributed by atoms with Crippen molar-refractivity contribution in [2.45, 2.75) is 6.42 Å². The number of H-pyrrole nitrogens is 2. The highest BCUT2D eigenvalue weighted by Gasteiger charge is 2.18. The fourth-order valence-corrected chi connectivity index (χ4v) is 2.31. The number of carboxylic acids is 1. The van der Waals surface area contributed by atoms with Crippen molar-refractivity contribution in [3.05, 3.63) is 60.3 Å². The summed E-state index contributed by atoms with van der Waals surface area (Å²) in [6, 6.07) is 7.71. The number of nitrogens with zero attached hydrogens (tertiary/aromatic N) is 1. The van der Waals surface area contributed by atoms with Gasteiger partial charge in [-0.3, -0.25) is 0 Å². The van der Waals surface area contributed by atoms with E-state index in [4.69, 9.17) is 5.11 Å². The Bertz CT molecular complexity index is 785. The van der Waals surface area contributed by atoms with Crippen molar-refractivity contribution in [2.75, 3.05) is 0 Å². The number of carboxylic acid groups (broad SMARTS) is 1. The van der Waals surface area contributed by atoms with E-state index in [-0.39, 0.29) is 5.57 Å². The molecule has 0 spiro atoms. The fourth-order valence-electron chi connectivity index (χ4n) is 2.31. The maximum Gasteiger partial charge on any atom is 0.337 e. The van der Waals surface area contributed by atoms with Gasteiger partial charge in [0.15, 0.2) is 0 Å². The molecule has 5 nitrogen and oxygen atoms in total. The van der Waals surface area contributed by atoms with E-state index in [9.17, 15) is 4.79 Å². The zero-order valence-electron chi connectivity index (χ0n) is 10.7.